The minimum atomic E-state index is -1.23. The summed E-state index contributed by atoms with van der Waals surface area (Å²) in [6.07, 6.45) is 4.00. The topological polar surface area (TPSA) is 0 Å². The standard InChI is InChI=1S/C16H28SSi/c1-4-11-18(12-5-2,13-6-3)16-9-7-15(14-17)8-10-16/h7-10,17H,4-6,11-14H2,1-3H3. The van der Waals surface area contributed by atoms with Crippen molar-refractivity contribution in [2.75, 3.05) is 0 Å². The van der Waals surface area contributed by atoms with Crippen LogP contribution in [-0.4, -0.2) is 8.07 Å². The largest absolute Gasteiger partial charge is 0.175 e. The molecule has 0 aliphatic heterocycles. The van der Waals surface area contributed by atoms with Crippen LogP contribution in [-0.2, 0) is 5.75 Å². The molecule has 0 aliphatic carbocycles. The molecular weight excluding hydrogens is 252 g/mol. The predicted octanol–water partition coefficient (Wildman–Crippen LogP) is 5.00. The quantitative estimate of drug-likeness (QED) is 0.502. The van der Waals surface area contributed by atoms with Crippen LogP contribution in [0.4, 0.5) is 0 Å². The second-order valence-electron chi connectivity index (χ2n) is 5.39. The maximum Gasteiger partial charge on any atom is 0.0866 e. The van der Waals surface area contributed by atoms with Gasteiger partial charge in [0, 0.05) is 5.75 Å². The molecule has 0 bridgehead atoms. The highest BCUT2D eigenvalue weighted by molar-refractivity contribution is 7.79. The average Bonchev–Trinajstić information content (AvgIpc) is 2.39. The zero-order valence-electron chi connectivity index (χ0n) is 12.2. The van der Waals surface area contributed by atoms with Crippen LogP contribution in [0.25, 0.3) is 0 Å². The Kier molecular flexibility index (Phi) is 7.09. The zero-order chi connectivity index (χ0) is 13.4. The fraction of sp³-hybridized carbons (Fsp3) is 0.625. The second kappa shape index (κ2) is 8.06. The monoisotopic (exact) mass is 280 g/mol. The molecule has 0 N–H and O–H groups in total. The van der Waals surface area contributed by atoms with Crippen LogP contribution in [0.3, 0.4) is 0 Å². The number of benzene rings is 1. The van der Waals surface area contributed by atoms with Gasteiger partial charge in [0.25, 0.3) is 0 Å². The number of hydrogen-bond acceptors (Lipinski definition) is 1. The third-order valence-corrected chi connectivity index (χ3v) is 10.2. The van der Waals surface area contributed by atoms with Crippen LogP contribution in [0.1, 0.15) is 45.6 Å². The first-order valence-electron chi connectivity index (χ1n) is 7.42. The molecule has 0 fully saturated rings. The Bertz CT molecular complexity index is 314. The first kappa shape index (κ1) is 15.8. The maximum absolute atomic E-state index is 4.35. The lowest BCUT2D eigenvalue weighted by Gasteiger charge is -2.32. The van der Waals surface area contributed by atoms with Crippen LogP contribution < -0.4 is 5.19 Å². The van der Waals surface area contributed by atoms with Gasteiger partial charge in [0.15, 0.2) is 0 Å². The van der Waals surface area contributed by atoms with Crippen molar-refractivity contribution < 1.29 is 0 Å². The molecule has 0 saturated heterocycles. The Hall–Kier alpha value is -0.213. The molecule has 102 valence electrons. The Morgan fingerprint density at radius 1 is 0.833 bits per heavy atom. The molecule has 0 nitrogen and oxygen atoms in total. The van der Waals surface area contributed by atoms with Crippen molar-refractivity contribution >= 4 is 25.9 Å². The third kappa shape index (κ3) is 3.89. The average molecular weight is 281 g/mol. The summed E-state index contributed by atoms with van der Waals surface area (Å²) in [5.74, 6) is 0.851. The van der Waals surface area contributed by atoms with Gasteiger partial charge in [-0.2, -0.15) is 12.6 Å². The van der Waals surface area contributed by atoms with E-state index in [0.717, 1.165) is 5.75 Å². The van der Waals surface area contributed by atoms with Gasteiger partial charge in [-0.15, -0.1) is 0 Å². The molecule has 0 unspecified atom stereocenters. The first-order chi connectivity index (χ1) is 8.72. The summed E-state index contributed by atoms with van der Waals surface area (Å²) in [4.78, 5) is 0. The van der Waals surface area contributed by atoms with E-state index in [4.69, 9.17) is 0 Å². The van der Waals surface area contributed by atoms with Gasteiger partial charge < -0.3 is 0 Å². The molecule has 0 atom stereocenters. The van der Waals surface area contributed by atoms with Gasteiger partial charge in [-0.05, 0) is 5.56 Å². The number of hydrogen-bond donors (Lipinski definition) is 1. The lowest BCUT2D eigenvalue weighted by Crippen LogP contribution is -2.47. The molecular formula is C16H28SSi. The van der Waals surface area contributed by atoms with Gasteiger partial charge in [-0.1, -0.05) is 87.6 Å². The fourth-order valence-corrected chi connectivity index (χ4v) is 8.78. The third-order valence-electron chi connectivity index (χ3n) is 3.93. The highest BCUT2D eigenvalue weighted by Crippen LogP contribution is 2.26. The van der Waals surface area contributed by atoms with Gasteiger partial charge >= 0.3 is 0 Å². The smallest absolute Gasteiger partial charge is 0.0866 e. The molecule has 1 aromatic rings. The summed E-state index contributed by atoms with van der Waals surface area (Å²) in [5, 5.41) is 1.68. The Labute approximate surface area is 120 Å². The summed E-state index contributed by atoms with van der Waals surface area (Å²) in [6.45, 7) is 7.03. The summed E-state index contributed by atoms with van der Waals surface area (Å²) in [5.41, 5.74) is 1.34. The van der Waals surface area contributed by atoms with Crippen molar-refractivity contribution in [1.82, 2.24) is 0 Å². The molecule has 1 aromatic carbocycles. The maximum atomic E-state index is 4.35. The normalized spacial score (nSPS) is 11.8. The van der Waals surface area contributed by atoms with E-state index in [1.165, 1.54) is 43.0 Å². The van der Waals surface area contributed by atoms with E-state index in [1.54, 1.807) is 5.19 Å². The lowest BCUT2D eigenvalue weighted by molar-refractivity contribution is 0.937. The summed E-state index contributed by atoms with van der Waals surface area (Å²) in [6, 6.07) is 13.7. The first-order valence-corrected chi connectivity index (χ1v) is 10.7. The van der Waals surface area contributed by atoms with E-state index in [-0.39, 0.29) is 0 Å². The van der Waals surface area contributed by atoms with Gasteiger partial charge in [-0.25, -0.2) is 0 Å². The van der Waals surface area contributed by atoms with Gasteiger partial charge in [0.1, 0.15) is 0 Å². The van der Waals surface area contributed by atoms with Crippen molar-refractivity contribution in [3.63, 3.8) is 0 Å². The number of rotatable bonds is 8. The molecule has 0 saturated carbocycles. The molecule has 0 radical (unpaired) electrons. The van der Waals surface area contributed by atoms with E-state index in [1.807, 2.05) is 0 Å². The van der Waals surface area contributed by atoms with E-state index in [2.05, 4.69) is 57.7 Å². The highest BCUT2D eigenvalue weighted by Gasteiger charge is 2.31. The van der Waals surface area contributed by atoms with Crippen LogP contribution in [0.2, 0.25) is 18.1 Å². The van der Waals surface area contributed by atoms with E-state index in [0.29, 0.717) is 0 Å². The molecule has 1 rings (SSSR count). The Balaban J connectivity index is 3.04. The molecule has 0 aromatic heterocycles. The second-order valence-corrected chi connectivity index (χ2v) is 10.3. The minimum Gasteiger partial charge on any atom is -0.175 e. The van der Waals surface area contributed by atoms with Crippen molar-refractivity contribution in [2.24, 2.45) is 0 Å². The number of thiol groups is 1. The van der Waals surface area contributed by atoms with Crippen molar-refractivity contribution in [1.29, 1.82) is 0 Å². The van der Waals surface area contributed by atoms with Crippen LogP contribution >= 0.6 is 12.6 Å². The summed E-state index contributed by atoms with van der Waals surface area (Å²) >= 11 is 4.35. The summed E-state index contributed by atoms with van der Waals surface area (Å²) in [7, 11) is -1.23. The van der Waals surface area contributed by atoms with Crippen molar-refractivity contribution in [2.45, 2.75) is 63.9 Å². The Morgan fingerprint density at radius 2 is 1.28 bits per heavy atom. The van der Waals surface area contributed by atoms with Crippen LogP contribution in [0, 0.1) is 0 Å². The Morgan fingerprint density at radius 3 is 1.61 bits per heavy atom. The SMILES string of the molecule is CCC[Si](CCC)(CCC)c1ccc(CS)cc1. The van der Waals surface area contributed by atoms with Gasteiger partial charge in [-0.3, -0.25) is 0 Å². The van der Waals surface area contributed by atoms with Crippen molar-refractivity contribution in [3.05, 3.63) is 29.8 Å². The molecule has 0 heterocycles. The fourth-order valence-electron chi connectivity index (χ4n) is 3.21. The van der Waals surface area contributed by atoms with Crippen LogP contribution in [0.5, 0.6) is 0 Å². The molecule has 18 heavy (non-hydrogen) atoms. The molecule has 0 spiro atoms. The lowest BCUT2D eigenvalue weighted by atomic mass is 10.2. The molecule has 2 heteroatoms. The zero-order valence-corrected chi connectivity index (χ0v) is 14.1. The minimum absolute atomic E-state index is 0.851. The van der Waals surface area contributed by atoms with E-state index < -0.39 is 8.07 Å². The van der Waals surface area contributed by atoms with E-state index >= 15 is 0 Å². The van der Waals surface area contributed by atoms with Gasteiger partial charge in [0.2, 0.25) is 0 Å². The van der Waals surface area contributed by atoms with Crippen LogP contribution in [0.15, 0.2) is 24.3 Å². The molecule has 0 amide bonds. The van der Waals surface area contributed by atoms with Gasteiger partial charge in [0.05, 0.1) is 8.07 Å². The summed E-state index contributed by atoms with van der Waals surface area (Å²) < 4.78 is 0. The molecule has 0 aliphatic rings. The predicted molar refractivity (Wildman–Crippen MR) is 89.8 cm³/mol. The van der Waals surface area contributed by atoms with Crippen molar-refractivity contribution in [3.8, 4) is 0 Å². The highest BCUT2D eigenvalue weighted by atomic mass is 32.1. The van der Waals surface area contributed by atoms with E-state index in [9.17, 15) is 0 Å².